The van der Waals surface area contributed by atoms with Crippen LogP contribution in [0.15, 0.2) is 30.5 Å². The van der Waals surface area contributed by atoms with E-state index in [0.29, 0.717) is 17.1 Å². The average molecular weight is 280 g/mol. The van der Waals surface area contributed by atoms with Gasteiger partial charge in [0.1, 0.15) is 0 Å². The van der Waals surface area contributed by atoms with Crippen molar-refractivity contribution in [3.8, 4) is 0 Å². The zero-order chi connectivity index (χ0) is 13.8. The Kier molecular flexibility index (Phi) is 4.06. The summed E-state index contributed by atoms with van der Waals surface area (Å²) in [7, 11) is 3.20. The number of anilines is 1. The number of hydrogen-bond acceptors (Lipinski definition) is 4. The van der Waals surface area contributed by atoms with Crippen LogP contribution in [0.25, 0.3) is 0 Å². The summed E-state index contributed by atoms with van der Waals surface area (Å²) in [6, 6.07) is 7.07. The number of benzene rings is 1. The van der Waals surface area contributed by atoms with Crippen molar-refractivity contribution in [2.45, 2.75) is 6.54 Å². The quantitative estimate of drug-likeness (QED) is 0.874. The van der Waals surface area contributed by atoms with Crippen LogP contribution in [0.3, 0.4) is 0 Å². The Morgan fingerprint density at radius 1 is 1.47 bits per heavy atom. The number of ether oxygens (including phenoxy) is 1. The number of nitrogens with zero attached hydrogens (tertiary/aromatic N) is 2. The fraction of sp³-hybridized carbons (Fsp3) is 0.231. The molecule has 0 spiro atoms. The van der Waals surface area contributed by atoms with Gasteiger partial charge in [0.05, 0.1) is 29.9 Å². The second kappa shape index (κ2) is 5.75. The molecule has 0 aliphatic carbocycles. The van der Waals surface area contributed by atoms with Crippen molar-refractivity contribution in [3.05, 3.63) is 46.7 Å². The highest BCUT2D eigenvalue weighted by Crippen LogP contribution is 2.21. The van der Waals surface area contributed by atoms with Gasteiger partial charge >= 0.3 is 5.97 Å². The highest BCUT2D eigenvalue weighted by atomic mass is 35.5. The molecule has 0 unspecified atom stereocenters. The minimum absolute atomic E-state index is 0.346. The molecule has 0 aliphatic heterocycles. The molecule has 0 saturated heterocycles. The third kappa shape index (κ3) is 3.06. The van der Waals surface area contributed by atoms with Gasteiger partial charge in [-0.25, -0.2) is 4.79 Å². The lowest BCUT2D eigenvalue weighted by atomic mass is 10.2. The molecule has 19 heavy (non-hydrogen) atoms. The smallest absolute Gasteiger partial charge is 0.339 e. The maximum atomic E-state index is 11.5. The van der Waals surface area contributed by atoms with E-state index in [9.17, 15) is 4.79 Å². The number of rotatable bonds is 4. The Balaban J connectivity index is 2.13. The summed E-state index contributed by atoms with van der Waals surface area (Å²) in [5, 5.41) is 7.66. The highest BCUT2D eigenvalue weighted by molar-refractivity contribution is 6.33. The molecule has 0 aliphatic rings. The number of esters is 1. The van der Waals surface area contributed by atoms with E-state index in [1.807, 2.05) is 19.2 Å². The molecular formula is C13H14ClN3O2. The van der Waals surface area contributed by atoms with Crippen LogP contribution in [0.4, 0.5) is 5.69 Å². The summed E-state index contributed by atoms with van der Waals surface area (Å²) < 4.78 is 6.46. The fourth-order valence-electron chi connectivity index (χ4n) is 1.67. The lowest BCUT2D eigenvalue weighted by Crippen LogP contribution is -2.07. The van der Waals surface area contributed by atoms with E-state index < -0.39 is 5.97 Å². The van der Waals surface area contributed by atoms with Gasteiger partial charge in [0, 0.05) is 18.9 Å². The molecule has 0 fully saturated rings. The van der Waals surface area contributed by atoms with E-state index in [0.717, 1.165) is 11.4 Å². The Bertz CT molecular complexity index is 595. The maximum Gasteiger partial charge on any atom is 0.339 e. The Labute approximate surface area is 116 Å². The van der Waals surface area contributed by atoms with Gasteiger partial charge in [-0.1, -0.05) is 11.6 Å². The number of aromatic nitrogens is 2. The first kappa shape index (κ1) is 13.4. The van der Waals surface area contributed by atoms with Gasteiger partial charge in [0.2, 0.25) is 0 Å². The highest BCUT2D eigenvalue weighted by Gasteiger charge is 2.11. The summed E-state index contributed by atoms with van der Waals surface area (Å²) in [5.74, 6) is -0.450. The molecule has 1 N–H and O–H groups in total. The molecule has 5 nitrogen and oxygen atoms in total. The molecule has 0 atom stereocenters. The molecular weight excluding hydrogens is 266 g/mol. The SMILES string of the molecule is COC(=O)c1cc(NCc2ccnn2C)ccc1Cl. The van der Waals surface area contributed by atoms with E-state index in [1.165, 1.54) is 7.11 Å². The maximum absolute atomic E-state index is 11.5. The predicted molar refractivity (Wildman–Crippen MR) is 73.3 cm³/mol. The largest absolute Gasteiger partial charge is 0.465 e. The Hall–Kier alpha value is -2.01. The van der Waals surface area contributed by atoms with Crippen LogP contribution in [-0.2, 0) is 18.3 Å². The summed E-state index contributed by atoms with van der Waals surface area (Å²) in [6.45, 7) is 0.610. The number of nitrogens with one attached hydrogen (secondary N) is 1. The zero-order valence-corrected chi connectivity index (χ0v) is 11.4. The van der Waals surface area contributed by atoms with Gasteiger partial charge in [-0.15, -0.1) is 0 Å². The Morgan fingerprint density at radius 2 is 2.26 bits per heavy atom. The van der Waals surface area contributed by atoms with E-state index >= 15 is 0 Å². The molecule has 0 bridgehead atoms. The first-order valence-electron chi connectivity index (χ1n) is 5.70. The number of carbonyl (C=O) groups is 1. The summed E-state index contributed by atoms with van der Waals surface area (Å²) >= 11 is 5.95. The molecule has 0 amide bonds. The molecule has 0 radical (unpaired) electrons. The summed E-state index contributed by atoms with van der Waals surface area (Å²) in [5.41, 5.74) is 2.18. The lowest BCUT2D eigenvalue weighted by molar-refractivity contribution is 0.0601. The van der Waals surface area contributed by atoms with Crippen LogP contribution in [0.1, 0.15) is 16.1 Å². The van der Waals surface area contributed by atoms with Crippen molar-refractivity contribution in [3.63, 3.8) is 0 Å². The Morgan fingerprint density at radius 3 is 2.89 bits per heavy atom. The standard InChI is InChI=1S/C13H14ClN3O2/c1-17-10(5-6-16-17)8-15-9-3-4-12(14)11(7-9)13(18)19-2/h3-7,15H,8H2,1-2H3. The number of hydrogen-bond donors (Lipinski definition) is 1. The van der Waals surface area contributed by atoms with Gasteiger partial charge in [-0.3, -0.25) is 4.68 Å². The van der Waals surface area contributed by atoms with Crippen molar-refractivity contribution >= 4 is 23.3 Å². The second-order valence-electron chi connectivity index (χ2n) is 3.99. The minimum Gasteiger partial charge on any atom is -0.465 e. The van der Waals surface area contributed by atoms with Crippen LogP contribution in [-0.4, -0.2) is 22.9 Å². The van der Waals surface area contributed by atoms with Crippen molar-refractivity contribution in [2.24, 2.45) is 7.05 Å². The van der Waals surface area contributed by atoms with Crippen LogP contribution in [0.5, 0.6) is 0 Å². The molecule has 1 aromatic heterocycles. The zero-order valence-electron chi connectivity index (χ0n) is 10.7. The number of methoxy groups -OCH3 is 1. The monoisotopic (exact) mass is 279 g/mol. The average Bonchev–Trinajstić information content (AvgIpc) is 2.82. The van der Waals surface area contributed by atoms with Crippen LogP contribution < -0.4 is 5.32 Å². The van der Waals surface area contributed by atoms with E-state index in [-0.39, 0.29) is 0 Å². The van der Waals surface area contributed by atoms with Crippen LogP contribution in [0.2, 0.25) is 5.02 Å². The van der Waals surface area contributed by atoms with Crippen molar-refractivity contribution in [1.82, 2.24) is 9.78 Å². The van der Waals surface area contributed by atoms with Gasteiger partial charge in [0.15, 0.2) is 0 Å². The van der Waals surface area contributed by atoms with Crippen LogP contribution >= 0.6 is 11.6 Å². The molecule has 0 saturated carbocycles. The molecule has 2 aromatic rings. The van der Waals surface area contributed by atoms with Crippen molar-refractivity contribution in [2.75, 3.05) is 12.4 Å². The first-order chi connectivity index (χ1) is 9.11. The summed E-state index contributed by atoms with van der Waals surface area (Å²) in [4.78, 5) is 11.5. The van der Waals surface area contributed by atoms with E-state index in [1.54, 1.807) is 23.0 Å². The molecule has 2 rings (SSSR count). The third-order valence-electron chi connectivity index (χ3n) is 2.77. The topological polar surface area (TPSA) is 56.1 Å². The normalized spacial score (nSPS) is 10.3. The van der Waals surface area contributed by atoms with Gasteiger partial charge in [-0.2, -0.15) is 5.10 Å². The van der Waals surface area contributed by atoms with Gasteiger partial charge in [-0.05, 0) is 24.3 Å². The summed E-state index contributed by atoms with van der Waals surface area (Å²) in [6.07, 6.45) is 1.73. The second-order valence-corrected chi connectivity index (χ2v) is 4.39. The molecule has 1 aromatic carbocycles. The van der Waals surface area contributed by atoms with Crippen molar-refractivity contribution in [1.29, 1.82) is 0 Å². The minimum atomic E-state index is -0.450. The van der Waals surface area contributed by atoms with Crippen LogP contribution in [0, 0.1) is 0 Å². The fourth-order valence-corrected chi connectivity index (χ4v) is 1.86. The van der Waals surface area contributed by atoms with E-state index in [2.05, 4.69) is 15.2 Å². The first-order valence-corrected chi connectivity index (χ1v) is 6.08. The number of carbonyl (C=O) groups excluding carboxylic acids is 1. The van der Waals surface area contributed by atoms with Gasteiger partial charge in [0.25, 0.3) is 0 Å². The predicted octanol–water partition coefficient (Wildman–Crippen LogP) is 2.47. The number of aryl methyl sites for hydroxylation is 1. The number of halogens is 1. The third-order valence-corrected chi connectivity index (χ3v) is 3.10. The molecule has 1 heterocycles. The van der Waals surface area contributed by atoms with Gasteiger partial charge < -0.3 is 10.1 Å². The molecule has 100 valence electrons. The lowest BCUT2D eigenvalue weighted by Gasteiger charge is -2.09. The molecule has 6 heteroatoms. The van der Waals surface area contributed by atoms with E-state index in [4.69, 9.17) is 11.6 Å². The van der Waals surface area contributed by atoms with Crippen molar-refractivity contribution < 1.29 is 9.53 Å².